The second-order valence-electron chi connectivity index (χ2n) is 4.07. The third kappa shape index (κ3) is 3.56. The van der Waals surface area contributed by atoms with Crippen LogP contribution in [0.15, 0.2) is 30.5 Å². The minimum atomic E-state index is 0.548. The van der Waals surface area contributed by atoms with Gasteiger partial charge in [-0.2, -0.15) is 0 Å². The molecule has 3 N–H and O–H groups in total. The maximum Gasteiger partial charge on any atom is 0.133 e. The van der Waals surface area contributed by atoms with E-state index in [0.717, 1.165) is 22.3 Å². The Bertz CT molecular complexity index is 531. The summed E-state index contributed by atoms with van der Waals surface area (Å²) in [6.07, 6.45) is 1.78. The normalized spacial score (nSPS) is 10.6. The van der Waals surface area contributed by atoms with Gasteiger partial charge in [0.1, 0.15) is 11.6 Å². The molecule has 2 rings (SSSR count). The summed E-state index contributed by atoms with van der Waals surface area (Å²) in [5, 5.41) is 5.43. The molecule has 0 saturated heterocycles. The molecular formula is C14H19N3O2. The highest BCUT2D eigenvalue weighted by molar-refractivity contribution is 5.92. The molecular weight excluding hydrogens is 242 g/mol. The lowest BCUT2D eigenvalue weighted by molar-refractivity contribution is 0.151. The van der Waals surface area contributed by atoms with Crippen LogP contribution in [-0.2, 0) is 4.74 Å². The fraction of sp³-hybridized carbons (Fsp3) is 0.357. The third-order valence-corrected chi connectivity index (χ3v) is 2.77. The lowest BCUT2D eigenvalue weighted by Crippen LogP contribution is -2.14. The van der Waals surface area contributed by atoms with Crippen LogP contribution < -0.4 is 15.8 Å². The van der Waals surface area contributed by atoms with Gasteiger partial charge in [0.2, 0.25) is 0 Å². The maximum absolute atomic E-state index is 5.35. The standard InChI is InChI=1S/C14H19N3O2/c1-18-12-2-3-13-11(10-12)4-6-16-14(13)17-7-9-19-8-5-15/h2-4,6,10H,5,7-9,15H2,1H3,(H,16,17). The number of pyridine rings is 1. The van der Waals surface area contributed by atoms with E-state index in [9.17, 15) is 0 Å². The number of hydrogen-bond donors (Lipinski definition) is 2. The molecule has 0 unspecified atom stereocenters. The molecule has 0 aliphatic rings. The van der Waals surface area contributed by atoms with Crippen LogP contribution >= 0.6 is 0 Å². The van der Waals surface area contributed by atoms with Crippen molar-refractivity contribution in [2.75, 3.05) is 38.7 Å². The first-order valence-corrected chi connectivity index (χ1v) is 6.29. The smallest absolute Gasteiger partial charge is 0.133 e. The first-order chi connectivity index (χ1) is 9.35. The number of fused-ring (bicyclic) bond motifs is 1. The molecule has 0 radical (unpaired) electrons. The summed E-state index contributed by atoms with van der Waals surface area (Å²) < 4.78 is 10.5. The van der Waals surface area contributed by atoms with Gasteiger partial charge in [0.05, 0.1) is 20.3 Å². The van der Waals surface area contributed by atoms with Crippen molar-refractivity contribution in [1.82, 2.24) is 4.98 Å². The maximum atomic E-state index is 5.35. The van der Waals surface area contributed by atoms with E-state index in [1.165, 1.54) is 0 Å². The van der Waals surface area contributed by atoms with E-state index >= 15 is 0 Å². The fourth-order valence-electron chi connectivity index (χ4n) is 1.85. The van der Waals surface area contributed by atoms with Gasteiger partial charge in [-0.3, -0.25) is 0 Å². The number of nitrogens with two attached hydrogens (primary N) is 1. The average Bonchev–Trinajstić information content (AvgIpc) is 2.46. The van der Waals surface area contributed by atoms with Gasteiger partial charge in [0.15, 0.2) is 0 Å². The molecule has 102 valence electrons. The number of hydrogen-bond acceptors (Lipinski definition) is 5. The van der Waals surface area contributed by atoms with Gasteiger partial charge in [0, 0.05) is 24.7 Å². The van der Waals surface area contributed by atoms with Gasteiger partial charge >= 0.3 is 0 Å². The number of rotatable bonds is 7. The van der Waals surface area contributed by atoms with Gasteiger partial charge in [0.25, 0.3) is 0 Å². The number of aromatic nitrogens is 1. The summed E-state index contributed by atoms with van der Waals surface area (Å²) in [5.41, 5.74) is 5.35. The summed E-state index contributed by atoms with van der Waals surface area (Å²) in [6, 6.07) is 7.89. The Morgan fingerprint density at radius 2 is 2.16 bits per heavy atom. The van der Waals surface area contributed by atoms with Crippen LogP contribution in [0.25, 0.3) is 10.8 Å². The van der Waals surface area contributed by atoms with Crippen molar-refractivity contribution >= 4 is 16.6 Å². The predicted molar refractivity (Wildman–Crippen MR) is 76.7 cm³/mol. The topological polar surface area (TPSA) is 69.4 Å². The first-order valence-electron chi connectivity index (χ1n) is 6.29. The van der Waals surface area contributed by atoms with E-state index in [-0.39, 0.29) is 0 Å². The molecule has 2 aromatic rings. The van der Waals surface area contributed by atoms with Crippen molar-refractivity contribution in [3.8, 4) is 5.75 Å². The van der Waals surface area contributed by atoms with E-state index in [0.29, 0.717) is 26.3 Å². The van der Waals surface area contributed by atoms with Crippen LogP contribution in [0.2, 0.25) is 0 Å². The Morgan fingerprint density at radius 1 is 1.26 bits per heavy atom. The second-order valence-corrected chi connectivity index (χ2v) is 4.07. The van der Waals surface area contributed by atoms with Crippen LogP contribution in [0, 0.1) is 0 Å². The zero-order valence-corrected chi connectivity index (χ0v) is 11.1. The van der Waals surface area contributed by atoms with Crippen LogP contribution in [-0.4, -0.2) is 38.4 Å². The highest BCUT2D eigenvalue weighted by atomic mass is 16.5. The van der Waals surface area contributed by atoms with E-state index in [1.807, 2.05) is 24.3 Å². The highest BCUT2D eigenvalue weighted by Gasteiger charge is 2.03. The fourth-order valence-corrected chi connectivity index (χ4v) is 1.85. The molecule has 0 atom stereocenters. The number of nitrogens with one attached hydrogen (secondary N) is 1. The summed E-state index contributed by atoms with van der Waals surface area (Å²) >= 11 is 0. The predicted octanol–water partition coefficient (Wildman–Crippen LogP) is 1.63. The lowest BCUT2D eigenvalue weighted by atomic mass is 10.1. The first kappa shape index (κ1) is 13.6. The van der Waals surface area contributed by atoms with Gasteiger partial charge in [-0.1, -0.05) is 0 Å². The van der Waals surface area contributed by atoms with Crippen molar-refractivity contribution in [3.63, 3.8) is 0 Å². The Labute approximate surface area is 112 Å². The number of anilines is 1. The molecule has 5 nitrogen and oxygen atoms in total. The summed E-state index contributed by atoms with van der Waals surface area (Å²) in [6.45, 7) is 2.46. The quantitative estimate of drug-likeness (QED) is 0.741. The van der Waals surface area contributed by atoms with Gasteiger partial charge < -0.3 is 20.5 Å². The van der Waals surface area contributed by atoms with Crippen LogP contribution in [0.3, 0.4) is 0 Å². The Hall–Kier alpha value is -1.85. The average molecular weight is 261 g/mol. The van der Waals surface area contributed by atoms with Gasteiger partial charge in [-0.15, -0.1) is 0 Å². The molecule has 0 aliphatic heterocycles. The van der Waals surface area contributed by atoms with E-state index in [1.54, 1.807) is 13.3 Å². The molecule has 0 bridgehead atoms. The minimum absolute atomic E-state index is 0.548. The van der Waals surface area contributed by atoms with E-state index < -0.39 is 0 Å². The lowest BCUT2D eigenvalue weighted by Gasteiger charge is -2.09. The second kappa shape index (κ2) is 6.92. The number of ether oxygens (including phenoxy) is 2. The van der Waals surface area contributed by atoms with Crippen molar-refractivity contribution in [2.45, 2.75) is 0 Å². The zero-order chi connectivity index (χ0) is 13.5. The summed E-state index contributed by atoms with van der Waals surface area (Å²) in [7, 11) is 1.66. The van der Waals surface area contributed by atoms with Crippen molar-refractivity contribution in [3.05, 3.63) is 30.5 Å². The minimum Gasteiger partial charge on any atom is -0.497 e. The molecule has 0 fully saturated rings. The van der Waals surface area contributed by atoms with E-state index in [2.05, 4.69) is 10.3 Å². The Balaban J connectivity index is 2.06. The molecule has 1 aromatic heterocycles. The van der Waals surface area contributed by atoms with Crippen LogP contribution in [0.5, 0.6) is 5.75 Å². The molecule has 1 heterocycles. The SMILES string of the molecule is COc1ccc2c(NCCOCCN)nccc2c1. The summed E-state index contributed by atoms with van der Waals surface area (Å²) in [4.78, 5) is 4.35. The molecule has 0 amide bonds. The molecule has 19 heavy (non-hydrogen) atoms. The van der Waals surface area contributed by atoms with Gasteiger partial charge in [-0.25, -0.2) is 4.98 Å². The number of benzene rings is 1. The zero-order valence-electron chi connectivity index (χ0n) is 11.1. The highest BCUT2D eigenvalue weighted by Crippen LogP contribution is 2.24. The van der Waals surface area contributed by atoms with E-state index in [4.69, 9.17) is 15.2 Å². The van der Waals surface area contributed by atoms with Crippen LogP contribution in [0.1, 0.15) is 0 Å². The number of nitrogens with zero attached hydrogens (tertiary/aromatic N) is 1. The molecule has 5 heteroatoms. The number of methoxy groups -OCH3 is 1. The van der Waals surface area contributed by atoms with Gasteiger partial charge in [-0.05, 0) is 29.7 Å². The van der Waals surface area contributed by atoms with Crippen molar-refractivity contribution < 1.29 is 9.47 Å². The van der Waals surface area contributed by atoms with Crippen molar-refractivity contribution in [1.29, 1.82) is 0 Å². The Morgan fingerprint density at radius 3 is 2.95 bits per heavy atom. The largest absolute Gasteiger partial charge is 0.497 e. The molecule has 0 saturated carbocycles. The molecule has 1 aromatic carbocycles. The van der Waals surface area contributed by atoms with Crippen molar-refractivity contribution in [2.24, 2.45) is 5.73 Å². The molecule has 0 aliphatic carbocycles. The Kier molecular flexibility index (Phi) is 4.94. The van der Waals surface area contributed by atoms with Crippen LogP contribution in [0.4, 0.5) is 5.82 Å². The molecule has 0 spiro atoms. The third-order valence-electron chi connectivity index (χ3n) is 2.77. The monoisotopic (exact) mass is 261 g/mol. The summed E-state index contributed by atoms with van der Waals surface area (Å²) in [5.74, 6) is 1.70.